The number of anilines is 4. The quantitative estimate of drug-likeness (QED) is 0.193. The van der Waals surface area contributed by atoms with Gasteiger partial charge in [0.25, 0.3) is 0 Å². The van der Waals surface area contributed by atoms with Crippen molar-refractivity contribution in [1.29, 1.82) is 0 Å². The molecule has 5 aromatic rings. The third kappa shape index (κ3) is 7.32. The van der Waals surface area contributed by atoms with Crippen LogP contribution in [0.5, 0.6) is 11.6 Å². The molecule has 1 unspecified atom stereocenters. The fourth-order valence-electron chi connectivity index (χ4n) is 9.09. The highest BCUT2D eigenvalue weighted by molar-refractivity contribution is 6.04. The highest BCUT2D eigenvalue weighted by atomic mass is 16.5. The smallest absolute Gasteiger partial charge is 0.240 e. The Labute approximate surface area is 348 Å². The van der Waals surface area contributed by atoms with Gasteiger partial charge in [-0.3, -0.25) is 29.5 Å². The van der Waals surface area contributed by atoms with Crippen molar-refractivity contribution in [2.75, 3.05) is 94.2 Å². The van der Waals surface area contributed by atoms with Crippen LogP contribution in [0.2, 0.25) is 0 Å². The molecule has 10 rings (SSSR count). The number of carbonyl (C=O) groups is 3. The van der Waals surface area contributed by atoms with Crippen LogP contribution in [0.4, 0.5) is 23.0 Å². The molecule has 15 heteroatoms. The molecule has 0 radical (unpaired) electrons. The van der Waals surface area contributed by atoms with Gasteiger partial charge in [-0.05, 0) is 66.4 Å². The van der Waals surface area contributed by atoms with Gasteiger partial charge in [-0.1, -0.05) is 24.3 Å². The molecular formula is C45H48N10O5. The number of imide groups is 1. The predicted molar refractivity (Wildman–Crippen MR) is 228 cm³/mol. The van der Waals surface area contributed by atoms with E-state index in [0.29, 0.717) is 56.7 Å². The number of pyridine rings is 1. The van der Waals surface area contributed by atoms with E-state index in [9.17, 15) is 14.4 Å². The van der Waals surface area contributed by atoms with E-state index < -0.39 is 5.41 Å². The standard InChI is InChI=1S/C45H48N10O5/c1-29-35(25-47-42-41(29)46-12-21-59-42)31-4-5-32-24-48-44(50-37(32)22-31)49-33-6-2-30(3-7-33)26-52-15-19-55(20-16-52)40(57)27-53-13-17-54(18-14-53)34-8-9-38-36(23-34)45(28-60-38)11-10-39(56)51-43(45)58/h2-9,22-25,46H,10-21,26-28H2,1H3,(H,48,49,50)(H,51,56,58). The molecule has 60 heavy (non-hydrogen) atoms. The maximum Gasteiger partial charge on any atom is 0.240 e. The van der Waals surface area contributed by atoms with Gasteiger partial charge in [-0.2, -0.15) is 0 Å². The maximum atomic E-state index is 13.4. The topological polar surface area (TPSA) is 157 Å². The Morgan fingerprint density at radius 1 is 0.883 bits per heavy atom. The van der Waals surface area contributed by atoms with Crippen molar-refractivity contribution in [3.63, 3.8) is 0 Å². The minimum atomic E-state index is -0.808. The minimum absolute atomic E-state index is 0.179. The average Bonchev–Trinajstić information content (AvgIpc) is 3.65. The Balaban J connectivity index is 0.689. The number of hydrogen-bond donors (Lipinski definition) is 3. The fourth-order valence-corrected chi connectivity index (χ4v) is 9.09. The summed E-state index contributed by atoms with van der Waals surface area (Å²) in [6.07, 6.45) is 4.48. The van der Waals surface area contributed by atoms with Crippen molar-refractivity contribution < 1.29 is 23.9 Å². The van der Waals surface area contributed by atoms with E-state index in [0.717, 1.165) is 103 Å². The third-order valence-corrected chi connectivity index (χ3v) is 12.7. The summed E-state index contributed by atoms with van der Waals surface area (Å²) < 4.78 is 11.6. The fraction of sp³-hybridized carbons (Fsp3) is 0.378. The van der Waals surface area contributed by atoms with E-state index in [1.807, 2.05) is 35.5 Å². The molecule has 5 aliphatic heterocycles. The molecule has 0 saturated carbocycles. The molecule has 0 bridgehead atoms. The number of carbonyl (C=O) groups excluding carboxylic acids is 3. The number of fused-ring (bicyclic) bond motifs is 4. The Morgan fingerprint density at radius 2 is 1.70 bits per heavy atom. The Kier molecular flexibility index (Phi) is 9.92. The van der Waals surface area contributed by atoms with E-state index >= 15 is 0 Å². The van der Waals surface area contributed by atoms with Gasteiger partial charge in [0, 0.05) is 112 Å². The normalized spacial score (nSPS) is 20.6. The zero-order valence-electron chi connectivity index (χ0n) is 33.7. The van der Waals surface area contributed by atoms with Crippen LogP contribution >= 0.6 is 0 Å². The van der Waals surface area contributed by atoms with Crippen LogP contribution in [0.15, 0.2) is 73.1 Å². The van der Waals surface area contributed by atoms with Crippen molar-refractivity contribution in [3.05, 3.63) is 89.7 Å². The first kappa shape index (κ1) is 37.9. The summed E-state index contributed by atoms with van der Waals surface area (Å²) in [7, 11) is 0. The number of aromatic nitrogens is 3. The lowest BCUT2D eigenvalue weighted by molar-refractivity contribution is -0.138. The van der Waals surface area contributed by atoms with Gasteiger partial charge >= 0.3 is 0 Å². The van der Waals surface area contributed by atoms with Gasteiger partial charge in [0.1, 0.15) is 30.1 Å². The highest BCUT2D eigenvalue weighted by Crippen LogP contribution is 2.45. The average molecular weight is 809 g/mol. The van der Waals surface area contributed by atoms with Gasteiger partial charge in [-0.15, -0.1) is 0 Å². The molecule has 3 aromatic carbocycles. The number of benzene rings is 3. The second-order valence-corrected chi connectivity index (χ2v) is 16.4. The summed E-state index contributed by atoms with van der Waals surface area (Å²) in [6.45, 7) is 11.2. The largest absolute Gasteiger partial charge is 0.492 e. The maximum absolute atomic E-state index is 13.4. The molecule has 3 saturated heterocycles. The number of amides is 3. The molecule has 3 amide bonds. The van der Waals surface area contributed by atoms with Crippen molar-refractivity contribution in [2.45, 2.75) is 31.7 Å². The summed E-state index contributed by atoms with van der Waals surface area (Å²) in [5, 5.41) is 10.3. The Bertz CT molecular complexity index is 2480. The van der Waals surface area contributed by atoms with Crippen LogP contribution < -0.4 is 30.3 Å². The minimum Gasteiger partial charge on any atom is -0.492 e. The van der Waals surface area contributed by atoms with Crippen LogP contribution in [-0.4, -0.2) is 126 Å². The molecule has 7 heterocycles. The Hall–Kier alpha value is -6.32. The van der Waals surface area contributed by atoms with Gasteiger partial charge in [0.2, 0.25) is 29.5 Å². The zero-order chi connectivity index (χ0) is 40.8. The van der Waals surface area contributed by atoms with Crippen LogP contribution in [-0.2, 0) is 26.3 Å². The molecule has 3 N–H and O–H groups in total. The molecule has 1 atom stereocenters. The van der Waals surface area contributed by atoms with E-state index in [2.05, 4.69) is 90.0 Å². The Morgan fingerprint density at radius 3 is 2.52 bits per heavy atom. The number of ether oxygens (including phenoxy) is 2. The number of hydrogen-bond acceptors (Lipinski definition) is 13. The summed E-state index contributed by atoms with van der Waals surface area (Å²) in [4.78, 5) is 61.1. The lowest BCUT2D eigenvalue weighted by Crippen LogP contribution is -2.53. The second kappa shape index (κ2) is 15.7. The molecule has 2 aromatic heterocycles. The van der Waals surface area contributed by atoms with Gasteiger partial charge < -0.3 is 29.9 Å². The van der Waals surface area contributed by atoms with Crippen LogP contribution in [0.1, 0.15) is 29.5 Å². The van der Waals surface area contributed by atoms with E-state index in [4.69, 9.17) is 14.5 Å². The molecule has 3 fully saturated rings. The highest BCUT2D eigenvalue weighted by Gasteiger charge is 2.50. The zero-order valence-corrected chi connectivity index (χ0v) is 33.7. The first-order valence-corrected chi connectivity index (χ1v) is 20.9. The summed E-state index contributed by atoms with van der Waals surface area (Å²) in [5.41, 5.74) is 8.17. The van der Waals surface area contributed by atoms with E-state index in [-0.39, 0.29) is 24.3 Å². The van der Waals surface area contributed by atoms with E-state index in [1.54, 1.807) is 0 Å². The number of piperazine rings is 2. The summed E-state index contributed by atoms with van der Waals surface area (Å²) >= 11 is 0. The lowest BCUT2D eigenvalue weighted by atomic mass is 9.75. The number of nitrogens with one attached hydrogen (secondary N) is 3. The molecule has 0 aliphatic carbocycles. The monoisotopic (exact) mass is 808 g/mol. The van der Waals surface area contributed by atoms with Crippen LogP contribution in [0.3, 0.4) is 0 Å². The summed E-state index contributed by atoms with van der Waals surface area (Å²) in [6, 6.07) is 20.6. The lowest BCUT2D eigenvalue weighted by Gasteiger charge is -2.39. The van der Waals surface area contributed by atoms with Crippen molar-refractivity contribution >= 4 is 51.6 Å². The molecule has 15 nitrogen and oxygen atoms in total. The second-order valence-electron chi connectivity index (χ2n) is 16.4. The van der Waals surface area contributed by atoms with Crippen LogP contribution in [0.25, 0.3) is 22.0 Å². The van der Waals surface area contributed by atoms with Crippen LogP contribution in [0, 0.1) is 6.92 Å². The molecule has 1 spiro atoms. The number of nitrogens with zero attached hydrogens (tertiary/aromatic N) is 7. The van der Waals surface area contributed by atoms with Crippen molar-refractivity contribution in [3.8, 4) is 22.8 Å². The van der Waals surface area contributed by atoms with Gasteiger partial charge in [0.05, 0.1) is 12.1 Å². The summed E-state index contributed by atoms with van der Waals surface area (Å²) in [5.74, 6) is 1.58. The molecular weight excluding hydrogens is 761 g/mol. The SMILES string of the molecule is Cc1c(-c2ccc3cnc(Nc4ccc(CN5CCN(C(=O)CN6CCN(c7ccc8c(c7)C7(CCC(=O)NC7=O)CO8)CC6)CC5)cc4)nc3c2)cnc2c1NCCO2. The van der Waals surface area contributed by atoms with Crippen molar-refractivity contribution in [1.82, 2.24) is 35.0 Å². The van der Waals surface area contributed by atoms with Gasteiger partial charge in [-0.25, -0.2) is 15.0 Å². The predicted octanol–water partition coefficient (Wildman–Crippen LogP) is 4.08. The first-order chi connectivity index (χ1) is 29.3. The molecule has 308 valence electrons. The number of piperidine rings is 1. The first-order valence-electron chi connectivity index (χ1n) is 20.9. The van der Waals surface area contributed by atoms with E-state index in [1.165, 1.54) is 5.56 Å². The van der Waals surface area contributed by atoms with Gasteiger partial charge in [0.15, 0.2) is 0 Å². The number of rotatable bonds is 8. The third-order valence-electron chi connectivity index (χ3n) is 12.7. The molecule has 5 aliphatic rings. The van der Waals surface area contributed by atoms with Crippen molar-refractivity contribution in [2.24, 2.45) is 0 Å².